The minimum atomic E-state index is -6.43. The van der Waals surface area contributed by atoms with Crippen LogP contribution in [0.15, 0.2) is 60.7 Å². The Morgan fingerprint density at radius 1 is 0.681 bits per heavy atom. The highest BCUT2D eigenvalue weighted by Gasteiger charge is 2.73. The molecule has 0 heterocycles. The molecule has 3 rings (SSSR count). The zero-order valence-corrected chi connectivity index (χ0v) is 25.1. The number of carbonyl (C=O) groups is 4. The number of nitrogens with zero attached hydrogens (tertiary/aromatic N) is 2. The number of hydrogen-bond donors (Lipinski definition) is 0. The van der Waals surface area contributed by atoms with Gasteiger partial charge >= 0.3 is 30.0 Å². The van der Waals surface area contributed by atoms with Gasteiger partial charge in [0.2, 0.25) is 0 Å². The van der Waals surface area contributed by atoms with Crippen molar-refractivity contribution in [3.05, 3.63) is 94.3 Å². The number of benzene rings is 3. The third-order valence-corrected chi connectivity index (χ3v) is 6.98. The van der Waals surface area contributed by atoms with E-state index >= 15 is 4.39 Å². The molecule has 0 spiro atoms. The van der Waals surface area contributed by atoms with Crippen LogP contribution in [0.4, 0.5) is 46.5 Å². The number of anilines is 2. The van der Waals surface area contributed by atoms with Gasteiger partial charge in [-0.25, -0.2) is 8.78 Å². The Bertz CT molecular complexity index is 1640. The molecule has 0 saturated carbocycles. The Balaban J connectivity index is 2.22. The van der Waals surface area contributed by atoms with Gasteiger partial charge < -0.3 is 9.47 Å². The summed E-state index contributed by atoms with van der Waals surface area (Å²) < 4.78 is 121. The van der Waals surface area contributed by atoms with Crippen molar-refractivity contribution in [2.45, 2.75) is 31.9 Å². The fourth-order valence-corrected chi connectivity index (χ4v) is 4.75. The van der Waals surface area contributed by atoms with Crippen LogP contribution in [-0.4, -0.2) is 63.4 Å². The number of halogens is 8. The summed E-state index contributed by atoms with van der Waals surface area (Å²) in [5.41, 5.74) is -10.5. The fraction of sp³-hybridized carbons (Fsp3) is 0.290. The molecule has 3 aromatic carbocycles. The van der Waals surface area contributed by atoms with Gasteiger partial charge in [-0.2, -0.15) is 26.3 Å². The van der Waals surface area contributed by atoms with Gasteiger partial charge in [0, 0.05) is 11.1 Å². The highest BCUT2D eigenvalue weighted by Crippen LogP contribution is 2.54. The van der Waals surface area contributed by atoms with Crippen LogP contribution in [0, 0.1) is 19.7 Å². The third-order valence-electron chi connectivity index (χ3n) is 6.98. The number of ether oxygens (including phenoxy) is 2. The lowest BCUT2D eigenvalue weighted by Crippen LogP contribution is -2.50. The van der Waals surface area contributed by atoms with Gasteiger partial charge in [0.1, 0.15) is 13.1 Å². The molecule has 3 aromatic rings. The zero-order valence-electron chi connectivity index (χ0n) is 25.1. The summed E-state index contributed by atoms with van der Waals surface area (Å²) in [6.45, 7) is 0.0851. The quantitative estimate of drug-likeness (QED) is 0.194. The number of hydrogen-bond acceptors (Lipinski definition) is 6. The Morgan fingerprint density at radius 3 is 1.64 bits per heavy atom. The van der Waals surface area contributed by atoms with E-state index in [0.717, 1.165) is 46.3 Å². The van der Waals surface area contributed by atoms with Crippen LogP contribution in [0.1, 0.15) is 37.4 Å². The molecule has 0 aliphatic heterocycles. The van der Waals surface area contributed by atoms with Gasteiger partial charge in [-0.05, 0) is 49.2 Å². The van der Waals surface area contributed by atoms with E-state index in [1.54, 1.807) is 6.07 Å². The molecule has 2 amide bonds. The maximum atomic E-state index is 16.2. The number of rotatable bonds is 9. The predicted molar refractivity (Wildman–Crippen MR) is 151 cm³/mol. The van der Waals surface area contributed by atoms with Crippen molar-refractivity contribution in [2.24, 2.45) is 0 Å². The number of esters is 2. The first kappa shape index (κ1) is 36.4. The van der Waals surface area contributed by atoms with Crippen molar-refractivity contribution in [2.75, 3.05) is 37.1 Å². The lowest BCUT2D eigenvalue weighted by molar-refractivity contribution is -0.348. The van der Waals surface area contributed by atoms with Gasteiger partial charge in [-0.1, -0.05) is 36.4 Å². The van der Waals surface area contributed by atoms with Crippen LogP contribution in [0.25, 0.3) is 0 Å². The Morgan fingerprint density at radius 2 is 1.17 bits per heavy atom. The second-order valence-electron chi connectivity index (χ2n) is 10.1. The summed E-state index contributed by atoms with van der Waals surface area (Å²) in [7, 11) is 1.93. The molecule has 0 radical (unpaired) electrons. The molecule has 0 aromatic heterocycles. The highest BCUT2D eigenvalue weighted by molar-refractivity contribution is 6.12. The van der Waals surface area contributed by atoms with E-state index in [9.17, 15) is 49.9 Å². The average molecular weight is 675 g/mol. The van der Waals surface area contributed by atoms with Crippen molar-refractivity contribution in [1.29, 1.82) is 0 Å². The van der Waals surface area contributed by atoms with E-state index in [1.807, 2.05) is 0 Å². The van der Waals surface area contributed by atoms with Crippen molar-refractivity contribution in [3.63, 3.8) is 0 Å². The summed E-state index contributed by atoms with van der Waals surface area (Å²) in [6.07, 6.45) is -12.9. The van der Waals surface area contributed by atoms with Gasteiger partial charge in [-0.15, -0.1) is 0 Å². The summed E-state index contributed by atoms with van der Waals surface area (Å²) in [5, 5.41) is 0. The lowest BCUT2D eigenvalue weighted by atomic mass is 9.90. The molecule has 16 heteroatoms. The van der Waals surface area contributed by atoms with Crippen LogP contribution in [0.5, 0.6) is 0 Å². The topological polar surface area (TPSA) is 93.2 Å². The monoisotopic (exact) mass is 674 g/mol. The normalized spacial score (nSPS) is 11.9. The first-order valence-electron chi connectivity index (χ1n) is 13.3. The van der Waals surface area contributed by atoms with Crippen LogP contribution >= 0.6 is 0 Å². The van der Waals surface area contributed by atoms with Gasteiger partial charge in [-0.3, -0.25) is 29.0 Å². The van der Waals surface area contributed by atoms with E-state index < -0.39 is 94.3 Å². The maximum absolute atomic E-state index is 16.2. The largest absolute Gasteiger partial charge is 0.468 e. The molecule has 0 saturated heterocycles. The third kappa shape index (κ3) is 7.20. The van der Waals surface area contributed by atoms with E-state index in [4.69, 9.17) is 0 Å². The lowest BCUT2D eigenvalue weighted by Gasteiger charge is -2.32. The molecule has 0 aliphatic carbocycles. The Labute approximate surface area is 262 Å². The van der Waals surface area contributed by atoms with Gasteiger partial charge in [0.25, 0.3) is 11.8 Å². The molecule has 0 atom stereocenters. The van der Waals surface area contributed by atoms with Crippen LogP contribution < -0.4 is 9.80 Å². The van der Waals surface area contributed by atoms with Crippen molar-refractivity contribution in [1.82, 2.24) is 0 Å². The SMILES string of the molecule is COC(=O)CN(C(=O)c1ccccc1)c1cccc(C(=O)N(CC(=O)OC)c2c(C)cc(C(F)(C(F)(F)F)C(F)(F)F)cc2C)c1F. The Hall–Kier alpha value is -5.02. The number of aryl methyl sites for hydroxylation is 2. The maximum Gasteiger partial charge on any atom is 0.435 e. The summed E-state index contributed by atoms with van der Waals surface area (Å²) in [5.74, 6) is -5.71. The van der Waals surface area contributed by atoms with Crippen LogP contribution in [0.2, 0.25) is 0 Å². The highest BCUT2D eigenvalue weighted by atomic mass is 19.4. The first-order valence-corrected chi connectivity index (χ1v) is 13.3. The van der Waals surface area contributed by atoms with E-state index in [2.05, 4.69) is 9.47 Å². The smallest absolute Gasteiger partial charge is 0.435 e. The molecular formula is C31H26F8N2O6. The minimum absolute atomic E-state index is 0.0212. The number of alkyl halides is 7. The van der Waals surface area contributed by atoms with Crippen LogP contribution in [0.3, 0.4) is 0 Å². The average Bonchev–Trinajstić information content (AvgIpc) is 3.01. The second kappa shape index (κ2) is 13.8. The van der Waals surface area contributed by atoms with Crippen LogP contribution in [-0.2, 0) is 24.7 Å². The fourth-order valence-electron chi connectivity index (χ4n) is 4.75. The summed E-state index contributed by atoms with van der Waals surface area (Å²) in [4.78, 5) is 52.9. The van der Waals surface area contributed by atoms with Crippen molar-refractivity contribution in [3.8, 4) is 0 Å². The number of methoxy groups -OCH3 is 2. The molecule has 0 unspecified atom stereocenters. The zero-order chi connectivity index (χ0) is 35.5. The van der Waals surface area contributed by atoms with Gasteiger partial charge in [0.05, 0.1) is 31.2 Å². The molecule has 0 fully saturated rings. The minimum Gasteiger partial charge on any atom is -0.468 e. The predicted octanol–water partition coefficient (Wildman–Crippen LogP) is 6.37. The molecule has 252 valence electrons. The molecule has 0 aliphatic rings. The summed E-state index contributed by atoms with van der Waals surface area (Å²) in [6, 6.07) is 10.9. The number of amides is 2. The van der Waals surface area contributed by atoms with E-state index in [-0.39, 0.29) is 17.7 Å². The molecular weight excluding hydrogens is 648 g/mol. The molecule has 0 bridgehead atoms. The van der Waals surface area contributed by atoms with E-state index in [0.29, 0.717) is 9.80 Å². The number of carbonyl (C=O) groups excluding carboxylic acids is 4. The Kier molecular flexibility index (Phi) is 10.7. The first-order chi connectivity index (χ1) is 21.8. The van der Waals surface area contributed by atoms with Gasteiger partial charge in [0.15, 0.2) is 5.82 Å². The van der Waals surface area contributed by atoms with E-state index in [1.165, 1.54) is 24.3 Å². The second-order valence-corrected chi connectivity index (χ2v) is 10.1. The molecule has 47 heavy (non-hydrogen) atoms. The van der Waals surface area contributed by atoms with Crippen molar-refractivity contribution >= 4 is 35.1 Å². The molecule has 8 nitrogen and oxygen atoms in total. The van der Waals surface area contributed by atoms with Crippen molar-refractivity contribution < 1.29 is 63.8 Å². The molecule has 0 N–H and O–H groups in total. The summed E-state index contributed by atoms with van der Waals surface area (Å²) >= 11 is 0. The standard InChI is InChI=1S/C31H26F8N2O6/c1-17-13-20(29(33,30(34,35)36)31(37,38)39)14-18(2)26(17)41(16-24(43)47-4)28(45)21-11-8-12-22(25(21)32)40(15-23(42)46-3)27(44)19-9-6-5-7-10-19/h5-14H,15-16H2,1-4H3.